The highest BCUT2D eigenvalue weighted by Gasteiger charge is 2.06. The monoisotopic (exact) mass is 264 g/mol. The SMILES string of the molecule is Fc1cc(F)cc(Sc2cnc3[nH]ncc3n2)c1. The van der Waals surface area contributed by atoms with E-state index in [4.69, 9.17) is 0 Å². The van der Waals surface area contributed by atoms with Gasteiger partial charge in [-0.15, -0.1) is 0 Å². The Morgan fingerprint density at radius 2 is 1.83 bits per heavy atom. The van der Waals surface area contributed by atoms with Crippen molar-refractivity contribution >= 4 is 22.9 Å². The van der Waals surface area contributed by atoms with E-state index < -0.39 is 11.6 Å². The number of nitrogens with zero attached hydrogens (tertiary/aromatic N) is 3. The van der Waals surface area contributed by atoms with Gasteiger partial charge in [0.2, 0.25) is 0 Å². The van der Waals surface area contributed by atoms with Crippen LogP contribution in [0.25, 0.3) is 11.2 Å². The van der Waals surface area contributed by atoms with E-state index in [1.807, 2.05) is 0 Å². The number of benzene rings is 1. The van der Waals surface area contributed by atoms with E-state index in [0.29, 0.717) is 21.1 Å². The molecule has 1 N–H and O–H groups in total. The molecule has 0 amide bonds. The summed E-state index contributed by atoms with van der Waals surface area (Å²) in [4.78, 5) is 8.78. The molecular weight excluding hydrogens is 258 g/mol. The molecule has 0 aliphatic carbocycles. The summed E-state index contributed by atoms with van der Waals surface area (Å²) in [7, 11) is 0. The van der Waals surface area contributed by atoms with Gasteiger partial charge in [0.25, 0.3) is 0 Å². The van der Waals surface area contributed by atoms with E-state index >= 15 is 0 Å². The molecule has 7 heteroatoms. The van der Waals surface area contributed by atoms with Gasteiger partial charge >= 0.3 is 0 Å². The Morgan fingerprint density at radius 3 is 2.61 bits per heavy atom. The number of rotatable bonds is 2. The van der Waals surface area contributed by atoms with Crippen molar-refractivity contribution in [3.8, 4) is 0 Å². The third-order valence-electron chi connectivity index (χ3n) is 2.19. The summed E-state index contributed by atoms with van der Waals surface area (Å²) in [5.41, 5.74) is 1.18. The third kappa shape index (κ3) is 2.17. The summed E-state index contributed by atoms with van der Waals surface area (Å²) in [6.07, 6.45) is 3.06. The summed E-state index contributed by atoms with van der Waals surface area (Å²) in [5.74, 6) is -1.23. The van der Waals surface area contributed by atoms with Crippen LogP contribution in [-0.2, 0) is 0 Å². The number of aromatic amines is 1. The highest BCUT2D eigenvalue weighted by atomic mass is 32.2. The molecule has 0 saturated carbocycles. The maximum atomic E-state index is 13.0. The molecule has 0 radical (unpaired) electrons. The van der Waals surface area contributed by atoms with Gasteiger partial charge in [-0.1, -0.05) is 11.8 Å². The lowest BCUT2D eigenvalue weighted by Crippen LogP contribution is -1.86. The molecule has 0 aliphatic heterocycles. The van der Waals surface area contributed by atoms with Crippen LogP contribution in [0.2, 0.25) is 0 Å². The van der Waals surface area contributed by atoms with Crippen molar-refractivity contribution < 1.29 is 8.78 Å². The number of nitrogens with one attached hydrogen (secondary N) is 1. The van der Waals surface area contributed by atoms with E-state index in [-0.39, 0.29) is 0 Å². The van der Waals surface area contributed by atoms with E-state index in [2.05, 4.69) is 20.2 Å². The van der Waals surface area contributed by atoms with Crippen molar-refractivity contribution in [2.45, 2.75) is 9.92 Å². The number of H-pyrrole nitrogens is 1. The van der Waals surface area contributed by atoms with Crippen molar-refractivity contribution in [3.63, 3.8) is 0 Å². The molecule has 2 heterocycles. The van der Waals surface area contributed by atoms with Crippen molar-refractivity contribution in [2.24, 2.45) is 0 Å². The quantitative estimate of drug-likeness (QED) is 0.773. The van der Waals surface area contributed by atoms with Crippen LogP contribution in [0.5, 0.6) is 0 Å². The second-order valence-electron chi connectivity index (χ2n) is 3.52. The summed E-state index contributed by atoms with van der Waals surface area (Å²) in [6, 6.07) is 3.32. The lowest BCUT2D eigenvalue weighted by atomic mass is 10.3. The summed E-state index contributed by atoms with van der Waals surface area (Å²) in [5, 5.41) is 7.02. The molecule has 0 bridgehead atoms. The molecule has 0 atom stereocenters. The van der Waals surface area contributed by atoms with Crippen LogP contribution in [-0.4, -0.2) is 20.2 Å². The predicted molar refractivity (Wildman–Crippen MR) is 62.2 cm³/mol. The Balaban J connectivity index is 1.95. The van der Waals surface area contributed by atoms with Crippen LogP contribution in [0.4, 0.5) is 8.78 Å². The van der Waals surface area contributed by atoms with Crippen LogP contribution < -0.4 is 0 Å². The Labute approximate surface area is 104 Å². The molecular formula is C11H6F2N4S. The number of fused-ring (bicyclic) bond motifs is 1. The average molecular weight is 264 g/mol. The maximum Gasteiger partial charge on any atom is 0.174 e. The lowest BCUT2D eigenvalue weighted by Gasteiger charge is -2.01. The van der Waals surface area contributed by atoms with Crippen molar-refractivity contribution in [3.05, 3.63) is 42.2 Å². The number of hydrogen-bond donors (Lipinski definition) is 1. The fraction of sp³-hybridized carbons (Fsp3) is 0. The summed E-state index contributed by atoms with van der Waals surface area (Å²) >= 11 is 1.14. The van der Waals surface area contributed by atoms with Crippen molar-refractivity contribution in [1.82, 2.24) is 20.2 Å². The zero-order chi connectivity index (χ0) is 12.5. The molecule has 1 aromatic carbocycles. The first-order valence-corrected chi connectivity index (χ1v) is 5.82. The fourth-order valence-electron chi connectivity index (χ4n) is 1.47. The third-order valence-corrected chi connectivity index (χ3v) is 3.07. The van der Waals surface area contributed by atoms with Crippen LogP contribution in [0.3, 0.4) is 0 Å². The van der Waals surface area contributed by atoms with Gasteiger partial charge in [0, 0.05) is 11.0 Å². The maximum absolute atomic E-state index is 13.0. The lowest BCUT2D eigenvalue weighted by molar-refractivity contribution is 0.577. The second-order valence-corrected chi connectivity index (χ2v) is 4.61. The van der Waals surface area contributed by atoms with Crippen molar-refractivity contribution in [1.29, 1.82) is 0 Å². The standard InChI is InChI=1S/C11H6F2N4S/c12-6-1-7(13)3-8(2-6)18-10-5-14-11-9(16-10)4-15-17-11/h1-5H,(H,14,15,17). The number of halogens is 2. The largest absolute Gasteiger partial charge is 0.259 e. The highest BCUT2D eigenvalue weighted by molar-refractivity contribution is 7.99. The molecule has 0 saturated heterocycles. The van der Waals surface area contributed by atoms with Gasteiger partial charge in [0.15, 0.2) is 5.65 Å². The van der Waals surface area contributed by atoms with Crippen LogP contribution in [0.1, 0.15) is 0 Å². The molecule has 4 nitrogen and oxygen atoms in total. The Kier molecular flexibility index (Phi) is 2.67. The molecule has 3 rings (SSSR count). The fourth-order valence-corrected chi connectivity index (χ4v) is 2.31. The van der Waals surface area contributed by atoms with Gasteiger partial charge in [-0.3, -0.25) is 5.10 Å². The second kappa shape index (κ2) is 4.34. The molecule has 0 unspecified atom stereocenters. The van der Waals surface area contributed by atoms with Crippen LogP contribution in [0.15, 0.2) is 40.5 Å². The highest BCUT2D eigenvalue weighted by Crippen LogP contribution is 2.27. The molecule has 0 aliphatic rings. The summed E-state index contributed by atoms with van der Waals surface area (Å²) < 4.78 is 26.1. The number of hydrogen-bond acceptors (Lipinski definition) is 4. The zero-order valence-corrected chi connectivity index (χ0v) is 9.71. The Bertz CT molecular complexity index is 693. The molecule has 0 spiro atoms. The van der Waals surface area contributed by atoms with Gasteiger partial charge in [0.1, 0.15) is 22.2 Å². The topological polar surface area (TPSA) is 54.5 Å². The van der Waals surface area contributed by atoms with Gasteiger partial charge in [-0.25, -0.2) is 18.7 Å². The summed E-state index contributed by atoms with van der Waals surface area (Å²) in [6.45, 7) is 0. The minimum Gasteiger partial charge on any atom is -0.259 e. The normalized spacial score (nSPS) is 11.0. The Morgan fingerprint density at radius 1 is 1.06 bits per heavy atom. The van der Waals surface area contributed by atoms with Crippen molar-refractivity contribution in [2.75, 3.05) is 0 Å². The molecule has 2 aromatic heterocycles. The average Bonchev–Trinajstić information content (AvgIpc) is 2.74. The van der Waals surface area contributed by atoms with Crippen LogP contribution in [0, 0.1) is 11.6 Å². The first kappa shape index (κ1) is 11.1. The first-order valence-electron chi connectivity index (χ1n) is 5.01. The molecule has 3 aromatic rings. The van der Waals surface area contributed by atoms with E-state index in [0.717, 1.165) is 17.8 Å². The van der Waals surface area contributed by atoms with Gasteiger partial charge in [-0.05, 0) is 12.1 Å². The first-order chi connectivity index (χ1) is 8.70. The predicted octanol–water partition coefficient (Wildman–Crippen LogP) is 2.78. The molecule has 0 fully saturated rings. The van der Waals surface area contributed by atoms with Gasteiger partial charge in [-0.2, -0.15) is 5.10 Å². The van der Waals surface area contributed by atoms with E-state index in [1.165, 1.54) is 18.3 Å². The minimum atomic E-state index is -0.616. The van der Waals surface area contributed by atoms with Gasteiger partial charge < -0.3 is 0 Å². The molecule has 18 heavy (non-hydrogen) atoms. The van der Waals surface area contributed by atoms with E-state index in [9.17, 15) is 8.78 Å². The van der Waals surface area contributed by atoms with Crippen LogP contribution >= 0.6 is 11.8 Å². The van der Waals surface area contributed by atoms with E-state index in [1.54, 1.807) is 6.20 Å². The minimum absolute atomic E-state index is 0.435. The Hall–Kier alpha value is -2.02. The molecule has 90 valence electrons. The number of aromatic nitrogens is 4. The zero-order valence-electron chi connectivity index (χ0n) is 8.89. The van der Waals surface area contributed by atoms with Gasteiger partial charge in [0.05, 0.1) is 12.4 Å². The smallest absolute Gasteiger partial charge is 0.174 e.